The Morgan fingerprint density at radius 3 is 2.69 bits per heavy atom. The van der Waals surface area contributed by atoms with E-state index in [4.69, 9.17) is 0 Å². The Morgan fingerprint density at radius 1 is 1.44 bits per heavy atom. The summed E-state index contributed by atoms with van der Waals surface area (Å²) in [6.07, 6.45) is 2.02. The molecule has 2 nitrogen and oxygen atoms in total. The molecular formula is C13H20N2S. The molecule has 1 rings (SSSR count). The molecule has 0 fully saturated rings. The van der Waals surface area contributed by atoms with E-state index in [-0.39, 0.29) is 0 Å². The molecule has 0 spiro atoms. The van der Waals surface area contributed by atoms with Gasteiger partial charge in [0.25, 0.3) is 0 Å². The number of hydrogen-bond donors (Lipinski definition) is 1. The molecule has 1 aromatic rings. The van der Waals surface area contributed by atoms with Crippen LogP contribution in [0.5, 0.6) is 0 Å². The topological polar surface area (TPSA) is 24.9 Å². The van der Waals surface area contributed by atoms with Crippen LogP contribution in [0.15, 0.2) is 0 Å². The van der Waals surface area contributed by atoms with Gasteiger partial charge in [-0.25, -0.2) is 4.98 Å². The number of aryl methyl sites for hydroxylation is 2. The van der Waals surface area contributed by atoms with E-state index in [2.05, 4.69) is 42.9 Å². The highest BCUT2D eigenvalue weighted by Crippen LogP contribution is 2.27. The molecule has 0 bridgehead atoms. The van der Waals surface area contributed by atoms with Crippen LogP contribution in [0.3, 0.4) is 0 Å². The smallest absolute Gasteiger partial charge is 0.0900 e. The third kappa shape index (κ3) is 3.62. The number of nitrogens with zero attached hydrogens (tertiary/aromatic N) is 1. The standard InChI is InChI=1S/C13H20N2S/c1-5-7-8-9-12(14-6-2)13-10(3)15-11(4)16-13/h12,14H,6,8-9H2,1-4H3. The highest BCUT2D eigenvalue weighted by atomic mass is 32.1. The molecule has 1 atom stereocenters. The van der Waals surface area contributed by atoms with Gasteiger partial charge in [-0.3, -0.25) is 0 Å². The summed E-state index contributed by atoms with van der Waals surface area (Å²) in [4.78, 5) is 5.86. The quantitative estimate of drug-likeness (QED) is 0.794. The van der Waals surface area contributed by atoms with Gasteiger partial charge in [-0.2, -0.15) is 0 Å². The van der Waals surface area contributed by atoms with Crippen molar-refractivity contribution in [2.45, 2.75) is 46.6 Å². The lowest BCUT2D eigenvalue weighted by atomic mass is 10.1. The van der Waals surface area contributed by atoms with Crippen LogP contribution in [0, 0.1) is 25.7 Å². The van der Waals surface area contributed by atoms with Crippen molar-refractivity contribution in [2.75, 3.05) is 6.54 Å². The van der Waals surface area contributed by atoms with Gasteiger partial charge >= 0.3 is 0 Å². The van der Waals surface area contributed by atoms with Crippen LogP contribution in [0.1, 0.15) is 48.3 Å². The van der Waals surface area contributed by atoms with Crippen LogP contribution in [0.2, 0.25) is 0 Å². The molecule has 88 valence electrons. The molecule has 0 aliphatic heterocycles. The van der Waals surface area contributed by atoms with Gasteiger partial charge in [0.05, 0.1) is 10.7 Å². The van der Waals surface area contributed by atoms with E-state index in [0.717, 1.165) is 30.1 Å². The van der Waals surface area contributed by atoms with Gasteiger partial charge in [-0.05, 0) is 33.7 Å². The number of rotatable bonds is 5. The summed E-state index contributed by atoms with van der Waals surface area (Å²) in [5.74, 6) is 6.07. The van der Waals surface area contributed by atoms with Crippen molar-refractivity contribution >= 4 is 11.3 Å². The lowest BCUT2D eigenvalue weighted by molar-refractivity contribution is 0.527. The zero-order valence-corrected chi connectivity index (χ0v) is 11.4. The highest BCUT2D eigenvalue weighted by molar-refractivity contribution is 7.11. The second kappa shape index (κ2) is 6.67. The van der Waals surface area contributed by atoms with Gasteiger partial charge in [0.2, 0.25) is 0 Å². The Bertz CT molecular complexity index is 384. The van der Waals surface area contributed by atoms with Crippen molar-refractivity contribution in [3.63, 3.8) is 0 Å². The Kier molecular flexibility index (Phi) is 5.51. The van der Waals surface area contributed by atoms with Crippen LogP contribution in [-0.2, 0) is 0 Å². The summed E-state index contributed by atoms with van der Waals surface area (Å²) in [6.45, 7) is 9.18. The van der Waals surface area contributed by atoms with E-state index in [9.17, 15) is 0 Å². The van der Waals surface area contributed by atoms with Crippen molar-refractivity contribution in [3.8, 4) is 11.8 Å². The van der Waals surface area contributed by atoms with Crippen LogP contribution >= 0.6 is 11.3 Å². The van der Waals surface area contributed by atoms with Gasteiger partial charge in [-0.1, -0.05) is 6.92 Å². The summed E-state index contributed by atoms with van der Waals surface area (Å²) in [7, 11) is 0. The first kappa shape index (κ1) is 13.2. The molecule has 0 amide bonds. The maximum absolute atomic E-state index is 4.48. The van der Waals surface area contributed by atoms with Crippen LogP contribution in [-0.4, -0.2) is 11.5 Å². The molecule has 1 aromatic heterocycles. The fraction of sp³-hybridized carbons (Fsp3) is 0.615. The molecule has 0 aromatic carbocycles. The summed E-state index contributed by atoms with van der Waals surface area (Å²) in [5, 5.41) is 4.66. The summed E-state index contributed by atoms with van der Waals surface area (Å²) < 4.78 is 0. The van der Waals surface area contributed by atoms with Crippen molar-refractivity contribution in [2.24, 2.45) is 0 Å². The molecule has 0 saturated heterocycles. The number of hydrogen-bond acceptors (Lipinski definition) is 3. The zero-order chi connectivity index (χ0) is 12.0. The molecule has 1 N–H and O–H groups in total. The van der Waals surface area contributed by atoms with E-state index in [0.29, 0.717) is 6.04 Å². The molecule has 0 saturated carbocycles. The molecule has 16 heavy (non-hydrogen) atoms. The minimum Gasteiger partial charge on any atom is -0.309 e. The number of aromatic nitrogens is 1. The summed E-state index contributed by atoms with van der Waals surface area (Å²) >= 11 is 1.80. The van der Waals surface area contributed by atoms with Crippen molar-refractivity contribution in [1.82, 2.24) is 10.3 Å². The van der Waals surface area contributed by atoms with Crippen molar-refractivity contribution in [3.05, 3.63) is 15.6 Å². The Balaban J connectivity index is 2.74. The van der Waals surface area contributed by atoms with E-state index < -0.39 is 0 Å². The van der Waals surface area contributed by atoms with Crippen molar-refractivity contribution < 1.29 is 0 Å². The lowest BCUT2D eigenvalue weighted by Crippen LogP contribution is -2.20. The lowest BCUT2D eigenvalue weighted by Gasteiger charge is -2.15. The third-order valence-corrected chi connectivity index (χ3v) is 3.63. The summed E-state index contributed by atoms with van der Waals surface area (Å²) in [6, 6.07) is 0.414. The molecule has 0 aliphatic rings. The minimum absolute atomic E-state index is 0.414. The van der Waals surface area contributed by atoms with Crippen molar-refractivity contribution in [1.29, 1.82) is 0 Å². The van der Waals surface area contributed by atoms with E-state index in [1.54, 1.807) is 11.3 Å². The second-order valence-corrected chi connectivity index (χ2v) is 4.99. The second-order valence-electron chi connectivity index (χ2n) is 3.76. The Hall–Kier alpha value is -0.850. The van der Waals surface area contributed by atoms with Gasteiger partial charge in [0.1, 0.15) is 0 Å². The van der Waals surface area contributed by atoms with Crippen LogP contribution < -0.4 is 5.32 Å². The van der Waals surface area contributed by atoms with Gasteiger partial charge in [0, 0.05) is 17.3 Å². The maximum Gasteiger partial charge on any atom is 0.0900 e. The third-order valence-electron chi connectivity index (χ3n) is 2.44. The monoisotopic (exact) mass is 236 g/mol. The molecule has 1 heterocycles. The molecule has 3 heteroatoms. The fourth-order valence-corrected chi connectivity index (χ4v) is 2.82. The van der Waals surface area contributed by atoms with E-state index in [1.807, 2.05) is 6.92 Å². The molecule has 0 radical (unpaired) electrons. The first-order valence-corrected chi connectivity index (χ1v) is 6.57. The van der Waals surface area contributed by atoms with E-state index >= 15 is 0 Å². The normalized spacial score (nSPS) is 12.0. The average Bonchev–Trinajstić information content (AvgIpc) is 2.57. The first-order chi connectivity index (χ1) is 7.69. The highest BCUT2D eigenvalue weighted by Gasteiger charge is 2.15. The number of thiazole rings is 1. The predicted octanol–water partition coefficient (Wildman–Crippen LogP) is 3.21. The summed E-state index contributed by atoms with van der Waals surface area (Å²) in [5.41, 5.74) is 1.16. The Morgan fingerprint density at radius 2 is 2.19 bits per heavy atom. The van der Waals surface area contributed by atoms with Gasteiger partial charge < -0.3 is 5.32 Å². The zero-order valence-electron chi connectivity index (χ0n) is 10.6. The minimum atomic E-state index is 0.414. The molecule has 1 unspecified atom stereocenters. The van der Waals surface area contributed by atoms with E-state index in [1.165, 1.54) is 4.88 Å². The average molecular weight is 236 g/mol. The molecule has 0 aliphatic carbocycles. The SMILES string of the molecule is CC#CCCC(NCC)c1sc(C)nc1C. The van der Waals surface area contributed by atoms with Gasteiger partial charge in [0.15, 0.2) is 0 Å². The Labute approximate surface area is 102 Å². The fourth-order valence-electron chi connectivity index (χ4n) is 1.78. The molecular weight excluding hydrogens is 216 g/mol. The van der Waals surface area contributed by atoms with Crippen LogP contribution in [0.4, 0.5) is 0 Å². The first-order valence-electron chi connectivity index (χ1n) is 5.76. The maximum atomic E-state index is 4.48. The predicted molar refractivity (Wildman–Crippen MR) is 70.7 cm³/mol. The van der Waals surface area contributed by atoms with Gasteiger partial charge in [-0.15, -0.1) is 23.2 Å². The largest absolute Gasteiger partial charge is 0.309 e. The van der Waals surface area contributed by atoms with Crippen LogP contribution in [0.25, 0.3) is 0 Å². The number of nitrogens with one attached hydrogen (secondary N) is 1.